The quantitative estimate of drug-likeness (QED) is 0.876. The normalized spacial score (nSPS) is 20.7. The first kappa shape index (κ1) is 13.8. The second kappa shape index (κ2) is 5.70. The molecule has 0 amide bonds. The molecule has 3 rings (SSSR count). The second-order valence-electron chi connectivity index (χ2n) is 5.48. The molecule has 0 fully saturated rings. The Morgan fingerprint density at radius 1 is 1.05 bits per heavy atom. The molecule has 1 unspecified atom stereocenters. The molecule has 1 aliphatic heterocycles. The molecule has 3 heteroatoms. The van der Waals surface area contributed by atoms with E-state index in [0.717, 1.165) is 24.0 Å². The molecule has 2 aromatic carbocycles. The molecule has 1 heterocycles. The maximum absolute atomic E-state index is 12.4. The largest absolute Gasteiger partial charge is 0.450 e. The van der Waals surface area contributed by atoms with Crippen molar-refractivity contribution >= 4 is 5.97 Å². The lowest BCUT2D eigenvalue weighted by Gasteiger charge is -2.38. The van der Waals surface area contributed by atoms with Crippen molar-refractivity contribution in [2.75, 3.05) is 6.54 Å². The molecule has 21 heavy (non-hydrogen) atoms. The van der Waals surface area contributed by atoms with Gasteiger partial charge in [-0.05, 0) is 36.6 Å². The van der Waals surface area contributed by atoms with Crippen molar-refractivity contribution in [1.82, 2.24) is 0 Å². The topological polar surface area (TPSA) is 52.3 Å². The predicted molar refractivity (Wildman–Crippen MR) is 82.0 cm³/mol. The molecule has 108 valence electrons. The minimum absolute atomic E-state index is 0.238. The summed E-state index contributed by atoms with van der Waals surface area (Å²) in [7, 11) is 0. The van der Waals surface area contributed by atoms with Crippen molar-refractivity contribution < 1.29 is 9.53 Å². The number of fused-ring (bicyclic) bond motifs is 1. The third kappa shape index (κ3) is 2.57. The standard InChI is InChI=1S/C18H19NO2/c19-12-6-11-18(15-8-2-1-3-9-15)13-14-7-4-5-10-16(14)17(20)21-18/h1-5,7-10H,6,11-13,19H2. The van der Waals surface area contributed by atoms with Gasteiger partial charge in [0.05, 0.1) is 5.56 Å². The number of ether oxygens (including phenoxy) is 1. The van der Waals surface area contributed by atoms with Crippen molar-refractivity contribution in [3.8, 4) is 0 Å². The van der Waals surface area contributed by atoms with E-state index in [1.165, 1.54) is 0 Å². The van der Waals surface area contributed by atoms with Gasteiger partial charge in [0.25, 0.3) is 0 Å². The van der Waals surface area contributed by atoms with E-state index in [9.17, 15) is 4.79 Å². The number of hydrogen-bond donors (Lipinski definition) is 1. The summed E-state index contributed by atoms with van der Waals surface area (Å²) in [5.74, 6) is -0.238. The number of carbonyl (C=O) groups excluding carboxylic acids is 1. The third-order valence-electron chi connectivity index (χ3n) is 4.09. The average Bonchev–Trinajstić information content (AvgIpc) is 2.54. The highest BCUT2D eigenvalue weighted by Gasteiger charge is 2.41. The maximum Gasteiger partial charge on any atom is 0.339 e. The van der Waals surface area contributed by atoms with Crippen LogP contribution >= 0.6 is 0 Å². The number of hydrogen-bond acceptors (Lipinski definition) is 3. The highest BCUT2D eigenvalue weighted by Crippen LogP contribution is 2.39. The molecule has 0 aliphatic carbocycles. The highest BCUT2D eigenvalue weighted by molar-refractivity contribution is 5.92. The summed E-state index contributed by atoms with van der Waals surface area (Å²) in [6.45, 7) is 0.591. The van der Waals surface area contributed by atoms with Crippen LogP contribution in [-0.4, -0.2) is 12.5 Å². The van der Waals surface area contributed by atoms with Crippen LogP contribution in [-0.2, 0) is 16.8 Å². The van der Waals surface area contributed by atoms with E-state index in [1.807, 2.05) is 54.6 Å². The van der Waals surface area contributed by atoms with Gasteiger partial charge in [-0.2, -0.15) is 0 Å². The summed E-state index contributed by atoms with van der Waals surface area (Å²) in [6, 6.07) is 17.7. The second-order valence-corrected chi connectivity index (χ2v) is 5.48. The van der Waals surface area contributed by atoms with Gasteiger partial charge < -0.3 is 10.5 Å². The van der Waals surface area contributed by atoms with Gasteiger partial charge >= 0.3 is 5.97 Å². The smallest absolute Gasteiger partial charge is 0.339 e. The summed E-state index contributed by atoms with van der Waals surface area (Å²) in [4.78, 5) is 12.4. The Kier molecular flexibility index (Phi) is 3.76. The van der Waals surface area contributed by atoms with Crippen LogP contribution in [0.25, 0.3) is 0 Å². The van der Waals surface area contributed by atoms with Crippen LogP contribution in [0.2, 0.25) is 0 Å². The van der Waals surface area contributed by atoms with Crippen molar-refractivity contribution in [1.29, 1.82) is 0 Å². The van der Waals surface area contributed by atoms with Crippen LogP contribution in [0, 0.1) is 0 Å². The van der Waals surface area contributed by atoms with E-state index in [4.69, 9.17) is 10.5 Å². The van der Waals surface area contributed by atoms with E-state index >= 15 is 0 Å². The number of cyclic esters (lactones) is 1. The van der Waals surface area contributed by atoms with Gasteiger partial charge in [-0.25, -0.2) is 4.79 Å². The molecule has 1 aliphatic rings. The molecule has 0 radical (unpaired) electrons. The minimum Gasteiger partial charge on any atom is -0.450 e. The van der Waals surface area contributed by atoms with E-state index in [-0.39, 0.29) is 5.97 Å². The van der Waals surface area contributed by atoms with E-state index in [0.29, 0.717) is 18.5 Å². The van der Waals surface area contributed by atoms with Gasteiger partial charge in [0, 0.05) is 6.42 Å². The zero-order chi connectivity index (χ0) is 14.7. The molecule has 2 aromatic rings. The van der Waals surface area contributed by atoms with Gasteiger partial charge in [0.1, 0.15) is 5.60 Å². The molecule has 0 spiro atoms. The van der Waals surface area contributed by atoms with E-state index in [1.54, 1.807) is 0 Å². The summed E-state index contributed by atoms with van der Waals surface area (Å²) in [5, 5.41) is 0. The van der Waals surface area contributed by atoms with Crippen LogP contribution < -0.4 is 5.73 Å². The van der Waals surface area contributed by atoms with Crippen LogP contribution in [0.3, 0.4) is 0 Å². The van der Waals surface area contributed by atoms with Gasteiger partial charge in [-0.15, -0.1) is 0 Å². The van der Waals surface area contributed by atoms with Crippen LogP contribution in [0.5, 0.6) is 0 Å². The van der Waals surface area contributed by atoms with Gasteiger partial charge in [-0.1, -0.05) is 48.5 Å². The Labute approximate surface area is 124 Å². The number of esters is 1. The molecular formula is C18H19NO2. The lowest BCUT2D eigenvalue weighted by Crippen LogP contribution is -2.39. The molecular weight excluding hydrogens is 262 g/mol. The third-order valence-corrected chi connectivity index (χ3v) is 4.09. The molecule has 0 saturated heterocycles. The fourth-order valence-corrected chi connectivity index (χ4v) is 3.02. The monoisotopic (exact) mass is 281 g/mol. The Balaban J connectivity index is 2.04. The average molecular weight is 281 g/mol. The molecule has 0 aromatic heterocycles. The molecule has 3 nitrogen and oxygen atoms in total. The lowest BCUT2D eigenvalue weighted by atomic mass is 9.80. The van der Waals surface area contributed by atoms with Crippen molar-refractivity contribution in [3.63, 3.8) is 0 Å². The number of carbonyl (C=O) groups is 1. The van der Waals surface area contributed by atoms with Gasteiger partial charge in [0.15, 0.2) is 0 Å². The Morgan fingerprint density at radius 2 is 1.76 bits per heavy atom. The molecule has 1 atom stereocenters. The van der Waals surface area contributed by atoms with Crippen LogP contribution in [0.15, 0.2) is 54.6 Å². The van der Waals surface area contributed by atoms with Crippen molar-refractivity contribution in [2.45, 2.75) is 24.9 Å². The number of rotatable bonds is 4. The predicted octanol–water partition coefficient (Wildman–Crippen LogP) is 3.03. The van der Waals surface area contributed by atoms with Gasteiger partial charge in [0.2, 0.25) is 0 Å². The SMILES string of the molecule is NCCCC1(c2ccccc2)Cc2ccccc2C(=O)O1. The van der Waals surface area contributed by atoms with E-state index in [2.05, 4.69) is 0 Å². The first-order chi connectivity index (χ1) is 10.2. The Morgan fingerprint density at radius 3 is 2.52 bits per heavy atom. The first-order valence-electron chi connectivity index (χ1n) is 7.32. The van der Waals surface area contributed by atoms with E-state index < -0.39 is 5.60 Å². The lowest BCUT2D eigenvalue weighted by molar-refractivity contribution is -0.0335. The van der Waals surface area contributed by atoms with Crippen molar-refractivity contribution in [2.24, 2.45) is 5.73 Å². The molecule has 0 bridgehead atoms. The maximum atomic E-state index is 12.4. The summed E-state index contributed by atoms with van der Waals surface area (Å²) >= 11 is 0. The Bertz CT molecular complexity index is 639. The van der Waals surface area contributed by atoms with Gasteiger partial charge in [-0.3, -0.25) is 0 Å². The molecule has 0 saturated carbocycles. The summed E-state index contributed by atoms with van der Waals surface area (Å²) in [5.41, 5.74) is 7.85. The van der Waals surface area contributed by atoms with Crippen LogP contribution in [0.1, 0.15) is 34.3 Å². The number of benzene rings is 2. The van der Waals surface area contributed by atoms with Crippen LogP contribution in [0.4, 0.5) is 0 Å². The summed E-state index contributed by atoms with van der Waals surface area (Å²) in [6.07, 6.45) is 2.27. The Hall–Kier alpha value is -2.13. The zero-order valence-electron chi connectivity index (χ0n) is 11.9. The highest BCUT2D eigenvalue weighted by atomic mass is 16.6. The first-order valence-corrected chi connectivity index (χ1v) is 7.32. The molecule has 2 N–H and O–H groups in total. The fraction of sp³-hybridized carbons (Fsp3) is 0.278. The fourth-order valence-electron chi connectivity index (χ4n) is 3.02. The summed E-state index contributed by atoms with van der Waals surface area (Å²) < 4.78 is 5.89. The minimum atomic E-state index is -0.591. The van der Waals surface area contributed by atoms with Crippen molar-refractivity contribution in [3.05, 3.63) is 71.3 Å². The zero-order valence-corrected chi connectivity index (χ0v) is 11.9. The number of nitrogens with two attached hydrogens (primary N) is 1.